The Morgan fingerprint density at radius 3 is 2.63 bits per heavy atom. The Balaban J connectivity index is 1.74. The largest absolute Gasteiger partial charge is 0.481 e. The lowest BCUT2D eigenvalue weighted by atomic mass is 9.88. The van der Waals surface area contributed by atoms with Gasteiger partial charge in [0.25, 0.3) is 0 Å². The third kappa shape index (κ3) is 2.45. The van der Waals surface area contributed by atoms with Crippen LogP contribution in [0, 0.1) is 5.92 Å². The Morgan fingerprint density at radius 2 is 2.11 bits per heavy atom. The lowest BCUT2D eigenvalue weighted by molar-refractivity contribution is -0.138. The molecule has 3 heterocycles. The number of hydrogen-bond donors (Lipinski definition) is 1. The van der Waals surface area contributed by atoms with E-state index in [-0.39, 0.29) is 0 Å². The van der Waals surface area contributed by atoms with Crippen LogP contribution in [0.5, 0.6) is 0 Å². The number of rotatable bonds is 4. The van der Waals surface area contributed by atoms with Crippen LogP contribution in [-0.4, -0.2) is 32.5 Å². The number of carboxylic acids is 1. The maximum absolute atomic E-state index is 10.9. The molecule has 3 rings (SSSR count). The summed E-state index contributed by atoms with van der Waals surface area (Å²) in [4.78, 5) is 17.9. The third-order valence-corrected chi connectivity index (χ3v) is 5.06. The van der Waals surface area contributed by atoms with Gasteiger partial charge in [0.05, 0.1) is 0 Å². The van der Waals surface area contributed by atoms with Gasteiger partial charge in [-0.25, -0.2) is 4.98 Å². The first-order valence-corrected chi connectivity index (χ1v) is 7.77. The topological polar surface area (TPSA) is 66.3 Å². The summed E-state index contributed by atoms with van der Waals surface area (Å²) in [6.45, 7) is 2.07. The zero-order chi connectivity index (χ0) is 13.4. The number of anilines is 1. The summed E-state index contributed by atoms with van der Waals surface area (Å²) in [6, 6.07) is 0.946. The Morgan fingerprint density at radius 1 is 1.42 bits per heavy atom. The second-order valence-electron chi connectivity index (χ2n) is 5.57. The SMILES string of the molecule is CCc1nsc(N2C3CCC2CC(CC(=O)O)C3)n1. The molecule has 0 radical (unpaired) electrons. The van der Waals surface area contributed by atoms with Crippen molar-refractivity contribution in [1.29, 1.82) is 0 Å². The minimum atomic E-state index is -0.665. The lowest BCUT2D eigenvalue weighted by Crippen LogP contribution is -2.43. The minimum Gasteiger partial charge on any atom is -0.481 e. The van der Waals surface area contributed by atoms with Crippen LogP contribution in [0.2, 0.25) is 0 Å². The molecule has 0 amide bonds. The van der Waals surface area contributed by atoms with Gasteiger partial charge in [0.1, 0.15) is 5.82 Å². The van der Waals surface area contributed by atoms with E-state index in [0.29, 0.717) is 24.4 Å². The summed E-state index contributed by atoms with van der Waals surface area (Å²) in [5.74, 6) is 0.596. The number of nitrogens with zero attached hydrogens (tertiary/aromatic N) is 3. The van der Waals surface area contributed by atoms with Gasteiger partial charge in [-0.05, 0) is 31.6 Å². The Bertz CT molecular complexity index is 462. The van der Waals surface area contributed by atoms with E-state index in [1.54, 1.807) is 0 Å². The maximum Gasteiger partial charge on any atom is 0.303 e. The second kappa shape index (κ2) is 5.07. The molecule has 1 aromatic rings. The molecule has 2 aliphatic heterocycles. The highest BCUT2D eigenvalue weighted by molar-refractivity contribution is 7.09. The van der Waals surface area contributed by atoms with Crippen molar-refractivity contribution in [1.82, 2.24) is 9.36 Å². The molecule has 0 aromatic carbocycles. The highest BCUT2D eigenvalue weighted by Crippen LogP contribution is 2.43. The molecule has 1 N–H and O–H groups in total. The van der Waals surface area contributed by atoms with Gasteiger partial charge in [0, 0.05) is 36.5 Å². The number of aromatic nitrogens is 2. The maximum atomic E-state index is 10.9. The smallest absolute Gasteiger partial charge is 0.303 e. The molecular weight excluding hydrogens is 262 g/mol. The van der Waals surface area contributed by atoms with E-state index in [9.17, 15) is 4.79 Å². The first kappa shape index (κ1) is 12.8. The molecular formula is C13H19N3O2S. The normalized spacial score (nSPS) is 29.7. The van der Waals surface area contributed by atoms with E-state index in [2.05, 4.69) is 21.2 Å². The van der Waals surface area contributed by atoms with Crippen molar-refractivity contribution >= 4 is 22.6 Å². The molecule has 6 heteroatoms. The van der Waals surface area contributed by atoms with E-state index in [1.807, 2.05) is 0 Å². The van der Waals surface area contributed by atoms with Gasteiger partial charge in [-0.3, -0.25) is 4.79 Å². The molecule has 104 valence electrons. The van der Waals surface area contributed by atoms with Crippen molar-refractivity contribution < 1.29 is 9.90 Å². The Hall–Kier alpha value is -1.17. The molecule has 2 saturated heterocycles. The molecule has 2 unspecified atom stereocenters. The van der Waals surface area contributed by atoms with Gasteiger partial charge in [-0.2, -0.15) is 4.37 Å². The van der Waals surface area contributed by atoms with E-state index >= 15 is 0 Å². The highest BCUT2D eigenvalue weighted by atomic mass is 32.1. The summed E-state index contributed by atoms with van der Waals surface area (Å²) in [6.07, 6.45) is 5.51. The fourth-order valence-electron chi connectivity index (χ4n) is 3.51. The first-order chi connectivity index (χ1) is 9.17. The minimum absolute atomic E-state index is 0.317. The number of piperidine rings is 1. The van der Waals surface area contributed by atoms with Crippen LogP contribution < -0.4 is 4.90 Å². The fourth-order valence-corrected chi connectivity index (χ4v) is 4.40. The molecule has 5 nitrogen and oxygen atoms in total. The third-order valence-electron chi connectivity index (χ3n) is 4.29. The van der Waals surface area contributed by atoms with Gasteiger partial charge >= 0.3 is 5.97 Å². The zero-order valence-corrected chi connectivity index (χ0v) is 11.9. The predicted molar refractivity (Wildman–Crippen MR) is 73.6 cm³/mol. The number of carboxylic acid groups (broad SMARTS) is 1. The van der Waals surface area contributed by atoms with Crippen molar-refractivity contribution in [3.63, 3.8) is 0 Å². The van der Waals surface area contributed by atoms with Crippen LogP contribution in [-0.2, 0) is 11.2 Å². The molecule has 1 aromatic heterocycles. The molecule has 2 fully saturated rings. The fraction of sp³-hybridized carbons (Fsp3) is 0.769. The molecule has 0 saturated carbocycles. The molecule has 2 atom stereocenters. The van der Waals surface area contributed by atoms with Crippen molar-refractivity contribution in [3.8, 4) is 0 Å². The van der Waals surface area contributed by atoms with Gasteiger partial charge in [-0.15, -0.1) is 0 Å². The summed E-state index contributed by atoms with van der Waals surface area (Å²) in [5.41, 5.74) is 0. The second-order valence-corrected chi connectivity index (χ2v) is 6.30. The van der Waals surface area contributed by atoms with Crippen molar-refractivity contribution in [2.75, 3.05) is 4.90 Å². The van der Waals surface area contributed by atoms with E-state index in [4.69, 9.17) is 5.11 Å². The summed E-state index contributed by atoms with van der Waals surface area (Å²) in [7, 11) is 0. The van der Waals surface area contributed by atoms with Gasteiger partial charge in [0.15, 0.2) is 0 Å². The highest BCUT2D eigenvalue weighted by Gasteiger charge is 2.42. The number of aryl methyl sites for hydroxylation is 1. The van der Waals surface area contributed by atoms with Crippen LogP contribution in [0.3, 0.4) is 0 Å². The standard InChI is InChI=1S/C13H19N3O2S/c1-2-11-14-13(19-15-11)16-9-3-4-10(16)6-8(5-9)7-12(17)18/h8-10H,2-7H2,1H3,(H,17,18). The molecule has 0 aliphatic carbocycles. The summed E-state index contributed by atoms with van der Waals surface area (Å²) >= 11 is 1.49. The zero-order valence-electron chi connectivity index (χ0n) is 11.1. The molecule has 19 heavy (non-hydrogen) atoms. The van der Waals surface area contributed by atoms with Crippen LogP contribution in [0.4, 0.5) is 5.13 Å². The summed E-state index contributed by atoms with van der Waals surface area (Å²) in [5, 5.41) is 9.98. The van der Waals surface area contributed by atoms with E-state index in [0.717, 1.165) is 30.2 Å². The number of aliphatic carboxylic acids is 1. The Kier molecular flexibility index (Phi) is 3.43. The summed E-state index contributed by atoms with van der Waals surface area (Å²) < 4.78 is 4.37. The van der Waals surface area contributed by atoms with Crippen molar-refractivity contribution in [2.24, 2.45) is 5.92 Å². The molecule has 0 spiro atoms. The molecule has 2 aliphatic rings. The Labute approximate surface area is 116 Å². The average molecular weight is 281 g/mol. The van der Waals surface area contributed by atoms with Crippen LogP contribution in [0.25, 0.3) is 0 Å². The molecule has 2 bridgehead atoms. The lowest BCUT2D eigenvalue weighted by Gasteiger charge is -2.38. The average Bonchev–Trinajstić information content (AvgIpc) is 2.91. The van der Waals surface area contributed by atoms with Crippen molar-refractivity contribution in [2.45, 2.75) is 57.5 Å². The monoisotopic (exact) mass is 281 g/mol. The van der Waals surface area contributed by atoms with Crippen LogP contribution in [0.1, 0.15) is 44.9 Å². The van der Waals surface area contributed by atoms with Crippen molar-refractivity contribution in [3.05, 3.63) is 5.82 Å². The number of carbonyl (C=O) groups is 1. The number of hydrogen-bond acceptors (Lipinski definition) is 5. The first-order valence-electron chi connectivity index (χ1n) is 7.00. The van der Waals surface area contributed by atoms with Crippen LogP contribution in [0.15, 0.2) is 0 Å². The van der Waals surface area contributed by atoms with E-state index < -0.39 is 5.97 Å². The van der Waals surface area contributed by atoms with Gasteiger partial charge < -0.3 is 10.0 Å². The number of fused-ring (bicyclic) bond motifs is 2. The van der Waals surface area contributed by atoms with Crippen LogP contribution >= 0.6 is 11.5 Å². The quantitative estimate of drug-likeness (QED) is 0.917. The predicted octanol–water partition coefficient (Wildman–Crippen LogP) is 2.32. The van der Waals surface area contributed by atoms with Gasteiger partial charge in [0.2, 0.25) is 5.13 Å². The van der Waals surface area contributed by atoms with Gasteiger partial charge in [-0.1, -0.05) is 6.92 Å². The van der Waals surface area contributed by atoms with E-state index in [1.165, 1.54) is 24.4 Å².